The lowest BCUT2D eigenvalue weighted by atomic mass is 10.1. The van der Waals surface area contributed by atoms with Crippen LogP contribution in [0.1, 0.15) is 28.9 Å². The van der Waals surface area contributed by atoms with E-state index >= 15 is 0 Å². The van der Waals surface area contributed by atoms with Crippen molar-refractivity contribution in [2.24, 2.45) is 7.05 Å². The Balaban J connectivity index is 2.05. The van der Waals surface area contributed by atoms with Crippen LogP contribution in [-0.2, 0) is 24.4 Å². The van der Waals surface area contributed by atoms with E-state index in [0.717, 1.165) is 23.0 Å². The van der Waals surface area contributed by atoms with Crippen LogP contribution in [0.4, 0.5) is 18.9 Å². The number of benzene rings is 1. The number of carbonyl (C=O) groups excluding carboxylic acids is 1. The van der Waals surface area contributed by atoms with Gasteiger partial charge in [-0.15, -0.1) is 0 Å². The number of nitrogens with zero attached hydrogens (tertiary/aromatic N) is 2. The molecule has 0 saturated carbocycles. The summed E-state index contributed by atoms with van der Waals surface area (Å²) in [5.41, 5.74) is 2.11. The number of hydrogen-bond donors (Lipinski definition) is 1. The van der Waals surface area contributed by atoms with Gasteiger partial charge in [-0.3, -0.25) is 9.48 Å². The summed E-state index contributed by atoms with van der Waals surface area (Å²) in [7, 11) is 1.83. The molecule has 0 aliphatic carbocycles. The van der Waals surface area contributed by atoms with Crippen molar-refractivity contribution in [1.82, 2.24) is 9.78 Å². The van der Waals surface area contributed by atoms with Crippen LogP contribution in [0, 0.1) is 13.8 Å². The number of amides is 1. The number of anilines is 1. The fourth-order valence-corrected chi connectivity index (χ4v) is 2.93. The highest BCUT2D eigenvalue weighted by molar-refractivity contribution is 9.10. The molecule has 0 saturated heterocycles. The molecule has 0 aliphatic rings. The zero-order chi connectivity index (χ0) is 18.1. The first-order chi connectivity index (χ1) is 11.1. The Labute approximate surface area is 146 Å². The van der Waals surface area contributed by atoms with Gasteiger partial charge in [0.1, 0.15) is 0 Å². The molecule has 0 unspecified atom stereocenters. The van der Waals surface area contributed by atoms with Crippen LogP contribution < -0.4 is 5.32 Å². The van der Waals surface area contributed by atoms with Gasteiger partial charge in [0.25, 0.3) is 0 Å². The molecule has 24 heavy (non-hydrogen) atoms. The lowest BCUT2D eigenvalue weighted by Gasteiger charge is -2.12. The summed E-state index contributed by atoms with van der Waals surface area (Å²) < 4.78 is 40.3. The fourth-order valence-electron chi connectivity index (χ4n) is 2.46. The Kier molecular flexibility index (Phi) is 5.37. The minimum Gasteiger partial charge on any atom is -0.326 e. The van der Waals surface area contributed by atoms with Crippen molar-refractivity contribution in [1.29, 1.82) is 0 Å². The molecule has 2 aromatic rings. The number of aromatic nitrogens is 2. The largest absolute Gasteiger partial charge is 0.417 e. The zero-order valence-corrected chi connectivity index (χ0v) is 15.0. The van der Waals surface area contributed by atoms with Crippen molar-refractivity contribution in [2.45, 2.75) is 32.9 Å². The number of rotatable bonds is 4. The molecular weight excluding hydrogens is 387 g/mol. The first-order valence-electron chi connectivity index (χ1n) is 7.25. The maximum Gasteiger partial charge on any atom is 0.417 e. The van der Waals surface area contributed by atoms with E-state index in [1.807, 2.05) is 20.9 Å². The average Bonchev–Trinajstić information content (AvgIpc) is 2.71. The van der Waals surface area contributed by atoms with Crippen molar-refractivity contribution < 1.29 is 18.0 Å². The molecule has 0 atom stereocenters. The normalized spacial score (nSPS) is 11.6. The van der Waals surface area contributed by atoms with Gasteiger partial charge < -0.3 is 5.32 Å². The monoisotopic (exact) mass is 403 g/mol. The van der Waals surface area contributed by atoms with E-state index < -0.39 is 11.7 Å². The predicted octanol–water partition coefficient (Wildman–Crippen LogP) is 4.39. The first kappa shape index (κ1) is 18.5. The molecule has 1 amide bonds. The molecule has 1 aromatic heterocycles. The van der Waals surface area contributed by atoms with E-state index in [2.05, 4.69) is 26.3 Å². The second-order valence-electron chi connectivity index (χ2n) is 5.51. The number of aryl methyl sites for hydroxylation is 2. The lowest BCUT2D eigenvalue weighted by Crippen LogP contribution is -2.14. The van der Waals surface area contributed by atoms with Gasteiger partial charge in [-0.25, -0.2) is 0 Å². The number of halogens is 4. The highest BCUT2D eigenvalue weighted by Gasteiger charge is 2.33. The molecule has 1 N–H and O–H groups in total. The van der Waals surface area contributed by atoms with Gasteiger partial charge in [0.2, 0.25) is 5.91 Å². The Morgan fingerprint density at radius 3 is 2.54 bits per heavy atom. The molecular formula is C16H17BrF3N3O. The minimum absolute atomic E-state index is 0.0605. The molecule has 1 heterocycles. The maximum atomic E-state index is 12.9. The summed E-state index contributed by atoms with van der Waals surface area (Å²) in [5.74, 6) is -0.340. The predicted molar refractivity (Wildman–Crippen MR) is 88.8 cm³/mol. The van der Waals surface area contributed by atoms with Gasteiger partial charge >= 0.3 is 6.18 Å². The van der Waals surface area contributed by atoms with Gasteiger partial charge in [-0.1, -0.05) is 15.9 Å². The summed E-state index contributed by atoms with van der Waals surface area (Å²) in [6, 6.07) is 3.62. The summed E-state index contributed by atoms with van der Waals surface area (Å²) >= 11 is 2.87. The van der Waals surface area contributed by atoms with E-state index in [1.54, 1.807) is 4.68 Å². The smallest absolute Gasteiger partial charge is 0.326 e. The molecule has 130 valence electrons. The third-order valence-corrected chi connectivity index (χ3v) is 4.51. The minimum atomic E-state index is -4.48. The van der Waals surface area contributed by atoms with Crippen molar-refractivity contribution >= 4 is 27.5 Å². The first-order valence-corrected chi connectivity index (χ1v) is 8.04. The SMILES string of the molecule is Cc1nn(C)c(C)c1CCC(=O)Nc1ccc(Br)c(C(F)(F)F)c1. The number of alkyl halides is 3. The van der Waals surface area contributed by atoms with Crippen molar-refractivity contribution in [3.63, 3.8) is 0 Å². The molecule has 4 nitrogen and oxygen atoms in total. The van der Waals surface area contributed by atoms with Crippen LogP contribution in [0.3, 0.4) is 0 Å². The molecule has 0 spiro atoms. The van der Waals surface area contributed by atoms with Crippen LogP contribution in [0.2, 0.25) is 0 Å². The number of hydrogen-bond acceptors (Lipinski definition) is 2. The number of nitrogens with one attached hydrogen (secondary N) is 1. The van der Waals surface area contributed by atoms with E-state index in [4.69, 9.17) is 0 Å². The molecule has 0 fully saturated rings. The summed E-state index contributed by atoms with van der Waals surface area (Å²) in [5, 5.41) is 6.79. The van der Waals surface area contributed by atoms with Crippen LogP contribution in [-0.4, -0.2) is 15.7 Å². The maximum absolute atomic E-state index is 12.9. The Hall–Kier alpha value is -1.83. The van der Waals surface area contributed by atoms with Crippen LogP contribution in [0.5, 0.6) is 0 Å². The Morgan fingerprint density at radius 2 is 2.00 bits per heavy atom. The van der Waals surface area contributed by atoms with E-state index in [1.165, 1.54) is 12.1 Å². The quantitative estimate of drug-likeness (QED) is 0.822. The molecule has 0 bridgehead atoms. The van der Waals surface area contributed by atoms with Crippen molar-refractivity contribution in [3.05, 3.63) is 45.2 Å². The highest BCUT2D eigenvalue weighted by Crippen LogP contribution is 2.36. The van der Waals surface area contributed by atoms with Gasteiger partial charge in [0, 0.05) is 29.3 Å². The van der Waals surface area contributed by atoms with Gasteiger partial charge in [-0.05, 0) is 44.0 Å². The molecule has 1 aromatic carbocycles. The van der Waals surface area contributed by atoms with E-state index in [0.29, 0.717) is 6.42 Å². The summed E-state index contributed by atoms with van der Waals surface area (Å²) in [6.07, 6.45) is -3.83. The number of carbonyl (C=O) groups is 1. The van der Waals surface area contributed by atoms with Gasteiger partial charge in [0.15, 0.2) is 0 Å². The average molecular weight is 404 g/mol. The van der Waals surface area contributed by atoms with Crippen molar-refractivity contribution in [2.75, 3.05) is 5.32 Å². The molecule has 0 aliphatic heterocycles. The Morgan fingerprint density at radius 1 is 1.33 bits per heavy atom. The second kappa shape index (κ2) is 6.96. The van der Waals surface area contributed by atoms with Crippen LogP contribution in [0.15, 0.2) is 22.7 Å². The standard InChI is InChI=1S/C16H17BrF3N3O/c1-9-12(10(2)23(3)22-9)5-7-15(24)21-11-4-6-14(17)13(8-11)16(18,19)20/h4,6,8H,5,7H2,1-3H3,(H,21,24). The van der Waals surface area contributed by atoms with E-state index in [-0.39, 0.29) is 22.5 Å². The third-order valence-electron chi connectivity index (χ3n) is 3.82. The molecule has 2 rings (SSSR count). The zero-order valence-electron chi connectivity index (χ0n) is 13.5. The molecule has 0 radical (unpaired) electrons. The van der Waals surface area contributed by atoms with Gasteiger partial charge in [-0.2, -0.15) is 18.3 Å². The third kappa shape index (κ3) is 4.17. The van der Waals surface area contributed by atoms with Crippen molar-refractivity contribution in [3.8, 4) is 0 Å². The summed E-state index contributed by atoms with van der Waals surface area (Å²) in [6.45, 7) is 3.78. The van der Waals surface area contributed by atoms with Crippen LogP contribution in [0.25, 0.3) is 0 Å². The summed E-state index contributed by atoms with van der Waals surface area (Å²) in [4.78, 5) is 12.0. The topological polar surface area (TPSA) is 46.9 Å². The van der Waals surface area contributed by atoms with Gasteiger partial charge in [0.05, 0.1) is 11.3 Å². The lowest BCUT2D eigenvalue weighted by molar-refractivity contribution is -0.138. The van der Waals surface area contributed by atoms with E-state index in [9.17, 15) is 18.0 Å². The Bertz CT molecular complexity index is 769. The second-order valence-corrected chi connectivity index (χ2v) is 6.37. The highest BCUT2D eigenvalue weighted by atomic mass is 79.9. The molecule has 8 heteroatoms. The van der Waals surface area contributed by atoms with Crippen LogP contribution >= 0.6 is 15.9 Å². The fraction of sp³-hybridized carbons (Fsp3) is 0.375.